The normalized spacial score (nSPS) is 14.5. The first kappa shape index (κ1) is 24.7. The predicted octanol–water partition coefficient (Wildman–Crippen LogP) is 4.60. The fourth-order valence-corrected chi connectivity index (χ4v) is 4.81. The van der Waals surface area contributed by atoms with Crippen LogP contribution in [0.15, 0.2) is 79.1 Å². The Labute approximate surface area is 215 Å². The number of piperidine rings is 1. The first-order chi connectivity index (χ1) is 18.1. The van der Waals surface area contributed by atoms with Crippen LogP contribution in [0.2, 0.25) is 0 Å². The van der Waals surface area contributed by atoms with Crippen LogP contribution in [0.3, 0.4) is 0 Å². The maximum atomic E-state index is 12.4. The van der Waals surface area contributed by atoms with Crippen LogP contribution >= 0.6 is 0 Å². The maximum Gasteiger partial charge on any atom is 0.322 e. The number of nitrogens with one attached hydrogen (secondary N) is 1. The fourth-order valence-electron chi connectivity index (χ4n) is 4.81. The van der Waals surface area contributed by atoms with E-state index in [1.54, 1.807) is 17.2 Å². The maximum absolute atomic E-state index is 12.4. The number of hydrogen-bond acceptors (Lipinski definition) is 6. The standard InChI is InChI=1S/C29H30N4O4/c1-21(34)37-33-17-12-24(13-18-33)26-11-15-30-28-27(26)14-16-32(28)19-22-7-9-25(10-8-22)29(35)31-36-20-23-5-3-2-4-6-23/h2-11,14-16,24H,12-13,17-20H2,1H3,(H,31,35). The Bertz CT molecular complexity index is 1360. The van der Waals surface area contributed by atoms with Crippen LogP contribution in [0, 0.1) is 0 Å². The summed E-state index contributed by atoms with van der Waals surface area (Å²) in [5.74, 6) is -0.151. The van der Waals surface area contributed by atoms with Crippen molar-refractivity contribution in [1.29, 1.82) is 0 Å². The summed E-state index contributed by atoms with van der Waals surface area (Å²) in [6.45, 7) is 3.85. The molecule has 0 spiro atoms. The summed E-state index contributed by atoms with van der Waals surface area (Å²) in [5.41, 5.74) is 7.33. The molecular formula is C29H30N4O4. The summed E-state index contributed by atoms with van der Waals surface area (Å²) in [6.07, 6.45) is 5.79. The van der Waals surface area contributed by atoms with Crippen LogP contribution in [0.1, 0.15) is 52.7 Å². The Morgan fingerprint density at radius 3 is 2.46 bits per heavy atom. The van der Waals surface area contributed by atoms with Gasteiger partial charge in [0.1, 0.15) is 5.65 Å². The highest BCUT2D eigenvalue weighted by molar-refractivity contribution is 5.93. The van der Waals surface area contributed by atoms with Crippen molar-refractivity contribution in [2.45, 2.75) is 38.8 Å². The van der Waals surface area contributed by atoms with Crippen molar-refractivity contribution in [1.82, 2.24) is 20.1 Å². The van der Waals surface area contributed by atoms with Gasteiger partial charge in [-0.1, -0.05) is 42.5 Å². The molecule has 3 heterocycles. The van der Waals surface area contributed by atoms with E-state index in [0.29, 0.717) is 24.6 Å². The van der Waals surface area contributed by atoms with E-state index in [4.69, 9.17) is 9.68 Å². The summed E-state index contributed by atoms with van der Waals surface area (Å²) >= 11 is 0. The third-order valence-electron chi connectivity index (χ3n) is 6.66. The lowest BCUT2D eigenvalue weighted by Crippen LogP contribution is -2.34. The van der Waals surface area contributed by atoms with Gasteiger partial charge in [-0.25, -0.2) is 10.5 Å². The molecule has 1 saturated heterocycles. The van der Waals surface area contributed by atoms with Crippen LogP contribution in [0.25, 0.3) is 11.0 Å². The summed E-state index contributed by atoms with van der Waals surface area (Å²) < 4.78 is 2.13. The number of carbonyl (C=O) groups is 2. The number of fused-ring (bicyclic) bond motifs is 1. The number of carbonyl (C=O) groups excluding carboxylic acids is 2. The number of hydroxylamine groups is 3. The molecule has 0 atom stereocenters. The van der Waals surface area contributed by atoms with Gasteiger partial charge in [0.15, 0.2) is 0 Å². The fraction of sp³-hybridized carbons (Fsp3) is 0.276. The second-order valence-electron chi connectivity index (χ2n) is 9.27. The van der Waals surface area contributed by atoms with E-state index in [0.717, 1.165) is 48.1 Å². The first-order valence-corrected chi connectivity index (χ1v) is 12.5. The number of hydrogen-bond donors (Lipinski definition) is 1. The van der Waals surface area contributed by atoms with Crippen LogP contribution in [0.5, 0.6) is 0 Å². The van der Waals surface area contributed by atoms with Crippen LogP contribution < -0.4 is 5.48 Å². The smallest absolute Gasteiger partial charge is 0.322 e. The number of aromatic nitrogens is 2. The quantitative estimate of drug-likeness (QED) is 0.357. The van der Waals surface area contributed by atoms with Crippen LogP contribution in [-0.4, -0.2) is 39.6 Å². The number of amides is 1. The lowest BCUT2D eigenvalue weighted by Gasteiger charge is -2.30. The number of pyridine rings is 1. The molecule has 0 bridgehead atoms. The van der Waals surface area contributed by atoms with Crippen molar-refractivity contribution in [3.63, 3.8) is 0 Å². The molecule has 1 aliphatic rings. The molecule has 8 heteroatoms. The Balaban J connectivity index is 1.20. The molecule has 2 aromatic heterocycles. The van der Waals surface area contributed by atoms with E-state index in [2.05, 4.69) is 33.4 Å². The van der Waals surface area contributed by atoms with Gasteiger partial charge in [0.25, 0.3) is 5.91 Å². The van der Waals surface area contributed by atoms with Gasteiger partial charge in [-0.05, 0) is 59.7 Å². The summed E-state index contributed by atoms with van der Waals surface area (Å²) in [4.78, 5) is 38.9. The van der Waals surface area contributed by atoms with Gasteiger partial charge >= 0.3 is 5.97 Å². The average Bonchev–Trinajstić information content (AvgIpc) is 3.33. The molecule has 0 aliphatic carbocycles. The molecule has 0 saturated carbocycles. The Kier molecular flexibility index (Phi) is 7.58. The molecule has 4 aromatic rings. The van der Waals surface area contributed by atoms with E-state index >= 15 is 0 Å². The van der Waals surface area contributed by atoms with Gasteiger partial charge in [-0.2, -0.15) is 0 Å². The monoisotopic (exact) mass is 498 g/mol. The van der Waals surface area contributed by atoms with Gasteiger partial charge in [0, 0.05) is 49.9 Å². The highest BCUT2D eigenvalue weighted by atomic mass is 16.7. The minimum Gasteiger partial charge on any atom is -0.368 e. The molecule has 1 aliphatic heterocycles. The second kappa shape index (κ2) is 11.4. The lowest BCUT2D eigenvalue weighted by molar-refractivity contribution is -0.192. The summed E-state index contributed by atoms with van der Waals surface area (Å²) in [7, 11) is 0. The topological polar surface area (TPSA) is 85.7 Å². The third kappa shape index (κ3) is 6.04. The second-order valence-corrected chi connectivity index (χ2v) is 9.27. The predicted molar refractivity (Wildman–Crippen MR) is 139 cm³/mol. The van der Waals surface area contributed by atoms with Crippen LogP contribution in [0.4, 0.5) is 0 Å². The lowest BCUT2D eigenvalue weighted by atomic mass is 9.89. The van der Waals surface area contributed by atoms with Crippen LogP contribution in [-0.2, 0) is 27.6 Å². The van der Waals surface area contributed by atoms with Gasteiger partial charge in [0.2, 0.25) is 0 Å². The Hall–Kier alpha value is -4.01. The summed E-state index contributed by atoms with van der Waals surface area (Å²) in [5, 5.41) is 2.90. The molecule has 2 aromatic carbocycles. The molecule has 1 N–H and O–H groups in total. The van der Waals surface area contributed by atoms with E-state index in [1.807, 2.05) is 48.7 Å². The van der Waals surface area contributed by atoms with Crippen molar-refractivity contribution < 1.29 is 19.3 Å². The molecule has 5 rings (SSSR count). The number of nitrogens with zero attached hydrogens (tertiary/aromatic N) is 3. The molecule has 1 fully saturated rings. The van der Waals surface area contributed by atoms with Crippen molar-refractivity contribution in [2.24, 2.45) is 0 Å². The van der Waals surface area contributed by atoms with E-state index in [1.165, 1.54) is 12.5 Å². The Morgan fingerprint density at radius 2 is 1.73 bits per heavy atom. The first-order valence-electron chi connectivity index (χ1n) is 12.5. The molecule has 190 valence electrons. The molecule has 0 radical (unpaired) electrons. The zero-order chi connectivity index (χ0) is 25.6. The summed E-state index contributed by atoms with van der Waals surface area (Å²) in [6, 6.07) is 21.4. The van der Waals surface area contributed by atoms with Crippen molar-refractivity contribution in [3.8, 4) is 0 Å². The van der Waals surface area contributed by atoms with Crippen molar-refractivity contribution in [3.05, 3.63) is 101 Å². The molecular weight excluding hydrogens is 468 g/mol. The third-order valence-corrected chi connectivity index (χ3v) is 6.66. The zero-order valence-corrected chi connectivity index (χ0v) is 20.8. The van der Waals surface area contributed by atoms with Gasteiger partial charge in [-0.3, -0.25) is 14.4 Å². The van der Waals surface area contributed by atoms with Gasteiger partial charge in [-0.15, -0.1) is 5.06 Å². The minimum absolute atomic E-state index is 0.271. The molecule has 1 amide bonds. The van der Waals surface area contributed by atoms with E-state index < -0.39 is 0 Å². The van der Waals surface area contributed by atoms with E-state index in [-0.39, 0.29) is 11.9 Å². The molecule has 8 nitrogen and oxygen atoms in total. The van der Waals surface area contributed by atoms with Gasteiger partial charge < -0.3 is 9.40 Å². The Morgan fingerprint density at radius 1 is 0.973 bits per heavy atom. The number of benzene rings is 2. The number of rotatable bonds is 8. The SMILES string of the molecule is CC(=O)ON1CCC(c2ccnc3c2ccn3Cc2ccc(C(=O)NOCc3ccccc3)cc2)CC1. The molecule has 0 unspecified atom stereocenters. The largest absolute Gasteiger partial charge is 0.368 e. The average molecular weight is 499 g/mol. The van der Waals surface area contributed by atoms with Crippen molar-refractivity contribution in [2.75, 3.05) is 13.1 Å². The zero-order valence-electron chi connectivity index (χ0n) is 20.8. The van der Waals surface area contributed by atoms with Gasteiger partial charge in [0.05, 0.1) is 6.61 Å². The van der Waals surface area contributed by atoms with E-state index in [9.17, 15) is 9.59 Å². The molecule has 37 heavy (non-hydrogen) atoms. The minimum atomic E-state index is -0.278. The highest BCUT2D eigenvalue weighted by Gasteiger charge is 2.24. The van der Waals surface area contributed by atoms with Crippen molar-refractivity contribution >= 4 is 22.9 Å². The highest BCUT2D eigenvalue weighted by Crippen LogP contribution is 2.33.